The molecule has 1 saturated heterocycles. The van der Waals surface area contributed by atoms with E-state index in [1.165, 1.54) is 0 Å². The molecule has 0 radical (unpaired) electrons. The molecule has 3 aromatic rings. The molecule has 1 aromatic carbocycles. The molecule has 3 heterocycles. The molecule has 2 aromatic heterocycles. The molecule has 0 amide bonds. The maximum atomic E-state index is 6.44. The number of pyridine rings is 1. The van der Waals surface area contributed by atoms with E-state index in [4.69, 9.17) is 30.6 Å². The molecule has 1 unspecified atom stereocenters. The van der Waals surface area contributed by atoms with Gasteiger partial charge in [0, 0.05) is 49.5 Å². The van der Waals surface area contributed by atoms with E-state index in [1.807, 2.05) is 24.4 Å². The van der Waals surface area contributed by atoms with Gasteiger partial charge in [-0.25, -0.2) is 4.98 Å². The molecule has 4 rings (SSSR count). The van der Waals surface area contributed by atoms with Crippen LogP contribution in [0, 0.1) is 0 Å². The van der Waals surface area contributed by atoms with E-state index in [1.54, 1.807) is 0 Å². The zero-order valence-corrected chi connectivity index (χ0v) is 24.8. The largest absolute Gasteiger partial charge is 0.492 e. The number of ether oxygens (including phenoxy) is 2. The highest BCUT2D eigenvalue weighted by Crippen LogP contribution is 2.37. The second-order valence-corrected chi connectivity index (χ2v) is 16.6. The molecule has 1 aliphatic rings. The Morgan fingerprint density at radius 2 is 1.89 bits per heavy atom. The lowest BCUT2D eigenvalue weighted by Crippen LogP contribution is -2.41. The van der Waals surface area contributed by atoms with E-state index in [9.17, 15) is 0 Å². The van der Waals surface area contributed by atoms with Crippen LogP contribution >= 0.6 is 11.6 Å². The fraction of sp³-hybridized carbons (Fsp3) is 0.571. The van der Waals surface area contributed by atoms with Crippen LogP contribution in [0.1, 0.15) is 40.2 Å². The fourth-order valence-electron chi connectivity index (χ4n) is 4.23. The van der Waals surface area contributed by atoms with Gasteiger partial charge in [0.1, 0.15) is 23.2 Å². The van der Waals surface area contributed by atoms with Crippen LogP contribution in [0.5, 0.6) is 5.75 Å². The third kappa shape index (κ3) is 6.92. The standard InChI is InChI=1S/C28H41ClN4O3Si/c1-21(10-14-36-37(5,6)28(2,3)4)33-25-19-26(29)30-20-24(25)27(31-33)22-8-7-9-23(18-22)35-17-13-32-11-15-34-16-12-32/h7-9,18-21H,10-17H2,1-6H3. The second-order valence-electron chi connectivity index (χ2n) is 11.4. The number of morpholine rings is 1. The summed E-state index contributed by atoms with van der Waals surface area (Å²) in [6, 6.07) is 10.2. The van der Waals surface area contributed by atoms with E-state index in [0.717, 1.165) is 67.2 Å². The van der Waals surface area contributed by atoms with Crippen molar-refractivity contribution in [3.05, 3.63) is 41.7 Å². The fourth-order valence-corrected chi connectivity index (χ4v) is 5.44. The maximum absolute atomic E-state index is 6.44. The van der Waals surface area contributed by atoms with Crippen molar-refractivity contribution in [1.82, 2.24) is 19.7 Å². The summed E-state index contributed by atoms with van der Waals surface area (Å²) < 4.78 is 20.0. The van der Waals surface area contributed by atoms with Crippen LogP contribution in [0.4, 0.5) is 0 Å². The summed E-state index contributed by atoms with van der Waals surface area (Å²) in [5.74, 6) is 0.839. The van der Waals surface area contributed by atoms with Crippen LogP contribution in [0.2, 0.25) is 23.3 Å². The van der Waals surface area contributed by atoms with Crippen molar-refractivity contribution in [2.45, 2.75) is 58.3 Å². The molecule has 0 bridgehead atoms. The smallest absolute Gasteiger partial charge is 0.191 e. The van der Waals surface area contributed by atoms with Gasteiger partial charge in [-0.3, -0.25) is 9.58 Å². The highest BCUT2D eigenvalue weighted by molar-refractivity contribution is 6.74. The number of halogens is 1. The Labute approximate surface area is 227 Å². The first-order valence-corrected chi connectivity index (χ1v) is 16.5. The lowest BCUT2D eigenvalue weighted by Gasteiger charge is -2.36. The van der Waals surface area contributed by atoms with Crippen molar-refractivity contribution in [1.29, 1.82) is 0 Å². The van der Waals surface area contributed by atoms with E-state index in [0.29, 0.717) is 18.4 Å². The minimum absolute atomic E-state index is 0.146. The van der Waals surface area contributed by atoms with E-state index >= 15 is 0 Å². The number of hydrogen-bond donors (Lipinski definition) is 0. The summed E-state index contributed by atoms with van der Waals surface area (Å²) in [6.45, 7) is 19.3. The van der Waals surface area contributed by atoms with E-state index in [-0.39, 0.29) is 11.1 Å². The monoisotopic (exact) mass is 544 g/mol. The van der Waals surface area contributed by atoms with Gasteiger partial charge in [0.2, 0.25) is 0 Å². The summed E-state index contributed by atoms with van der Waals surface area (Å²) in [7, 11) is -1.80. The lowest BCUT2D eigenvalue weighted by atomic mass is 10.1. The average molecular weight is 545 g/mol. The molecule has 1 aliphatic heterocycles. The minimum atomic E-state index is -1.80. The molecule has 0 N–H and O–H groups in total. The molecule has 0 aliphatic carbocycles. The molecule has 9 heteroatoms. The Bertz CT molecular complexity index is 1190. The second kappa shape index (κ2) is 11.8. The summed E-state index contributed by atoms with van der Waals surface area (Å²) in [4.78, 5) is 6.73. The van der Waals surface area contributed by atoms with Crippen molar-refractivity contribution in [3.63, 3.8) is 0 Å². The van der Waals surface area contributed by atoms with Gasteiger partial charge in [0.15, 0.2) is 8.32 Å². The molecule has 0 spiro atoms. The predicted octanol–water partition coefficient (Wildman–Crippen LogP) is 6.44. The van der Waals surface area contributed by atoms with Gasteiger partial charge >= 0.3 is 0 Å². The minimum Gasteiger partial charge on any atom is -0.492 e. The Hall–Kier alpha value is -1.97. The van der Waals surface area contributed by atoms with E-state index in [2.05, 4.69) is 67.5 Å². The lowest BCUT2D eigenvalue weighted by molar-refractivity contribution is 0.0322. The highest BCUT2D eigenvalue weighted by Gasteiger charge is 2.37. The van der Waals surface area contributed by atoms with Gasteiger partial charge in [-0.05, 0) is 43.6 Å². The Morgan fingerprint density at radius 3 is 2.62 bits per heavy atom. The van der Waals surface area contributed by atoms with Gasteiger partial charge in [-0.1, -0.05) is 44.5 Å². The number of benzene rings is 1. The van der Waals surface area contributed by atoms with Crippen LogP contribution in [0.15, 0.2) is 36.5 Å². The van der Waals surface area contributed by atoms with Crippen molar-refractivity contribution in [3.8, 4) is 17.0 Å². The van der Waals surface area contributed by atoms with E-state index < -0.39 is 8.32 Å². The summed E-state index contributed by atoms with van der Waals surface area (Å²) in [5, 5.41) is 6.69. The van der Waals surface area contributed by atoms with Crippen LogP contribution in [0.3, 0.4) is 0 Å². The zero-order chi connectivity index (χ0) is 26.6. The molecule has 37 heavy (non-hydrogen) atoms. The van der Waals surface area contributed by atoms with Crippen LogP contribution in [0.25, 0.3) is 22.2 Å². The van der Waals surface area contributed by atoms with Crippen molar-refractivity contribution < 1.29 is 13.9 Å². The zero-order valence-electron chi connectivity index (χ0n) is 23.1. The number of hydrogen-bond acceptors (Lipinski definition) is 6. The predicted molar refractivity (Wildman–Crippen MR) is 153 cm³/mol. The SMILES string of the molecule is CC(CCO[Si](C)(C)C(C)(C)C)n1nc(-c2cccc(OCCN3CCOCC3)c2)c2cnc(Cl)cc21. The van der Waals surface area contributed by atoms with Crippen LogP contribution < -0.4 is 4.74 Å². The van der Waals surface area contributed by atoms with Crippen LogP contribution in [-0.2, 0) is 9.16 Å². The number of nitrogens with zero attached hydrogens (tertiary/aromatic N) is 4. The van der Waals surface area contributed by atoms with Gasteiger partial charge in [0.05, 0.1) is 24.8 Å². The first kappa shape index (κ1) is 28.0. The Kier molecular flexibility index (Phi) is 8.96. The van der Waals surface area contributed by atoms with Crippen molar-refractivity contribution in [2.75, 3.05) is 46.1 Å². The Morgan fingerprint density at radius 1 is 1.14 bits per heavy atom. The highest BCUT2D eigenvalue weighted by atomic mass is 35.5. The normalized spacial score (nSPS) is 16.3. The van der Waals surface area contributed by atoms with Crippen molar-refractivity contribution >= 4 is 30.8 Å². The summed E-state index contributed by atoms with van der Waals surface area (Å²) >= 11 is 6.31. The maximum Gasteiger partial charge on any atom is 0.191 e. The third-order valence-corrected chi connectivity index (χ3v) is 12.4. The van der Waals surface area contributed by atoms with Crippen LogP contribution in [-0.4, -0.2) is 74.0 Å². The topological polar surface area (TPSA) is 61.6 Å². The molecule has 202 valence electrons. The van der Waals surface area contributed by atoms with Gasteiger partial charge in [0.25, 0.3) is 0 Å². The molecule has 1 atom stereocenters. The number of rotatable bonds is 10. The summed E-state index contributed by atoms with van der Waals surface area (Å²) in [6.07, 6.45) is 2.69. The van der Waals surface area contributed by atoms with Gasteiger partial charge < -0.3 is 13.9 Å². The first-order chi connectivity index (χ1) is 17.5. The molecule has 1 fully saturated rings. The first-order valence-electron chi connectivity index (χ1n) is 13.3. The molecular formula is C28H41ClN4O3Si. The average Bonchev–Trinajstić information content (AvgIpc) is 3.23. The molecule has 7 nitrogen and oxygen atoms in total. The van der Waals surface area contributed by atoms with Crippen molar-refractivity contribution in [2.24, 2.45) is 0 Å². The molecule has 0 saturated carbocycles. The quantitative estimate of drug-likeness (QED) is 0.216. The molecular weight excluding hydrogens is 504 g/mol. The van der Waals surface area contributed by atoms with Gasteiger partial charge in [-0.2, -0.15) is 5.10 Å². The number of aromatic nitrogens is 3. The third-order valence-electron chi connectivity index (χ3n) is 7.67. The Balaban J connectivity index is 1.50. The summed E-state index contributed by atoms with van der Waals surface area (Å²) in [5.41, 5.74) is 2.87. The van der Waals surface area contributed by atoms with Gasteiger partial charge in [-0.15, -0.1) is 0 Å². The number of fused-ring (bicyclic) bond motifs is 1.